The average Bonchev–Trinajstić information content (AvgIpc) is 2.36. The van der Waals surface area contributed by atoms with Crippen LogP contribution in [-0.4, -0.2) is 23.4 Å². The molecule has 0 radical (unpaired) electrons. The van der Waals surface area contributed by atoms with Gasteiger partial charge in [0.15, 0.2) is 0 Å². The lowest BCUT2D eigenvalue weighted by molar-refractivity contribution is 0.0870. The highest BCUT2D eigenvalue weighted by atomic mass is 35.5. The van der Waals surface area contributed by atoms with Crippen LogP contribution in [0.3, 0.4) is 0 Å². The van der Waals surface area contributed by atoms with Gasteiger partial charge in [-0.3, -0.25) is 0 Å². The molecular weight excluding hydrogens is 254 g/mol. The molecule has 0 saturated carbocycles. The number of benzene rings is 1. The Morgan fingerprint density at radius 1 is 1.39 bits per heavy atom. The van der Waals surface area contributed by atoms with Crippen LogP contribution >= 0.6 is 12.4 Å². The van der Waals surface area contributed by atoms with E-state index in [0.29, 0.717) is 11.3 Å². The number of hydrogen-bond donors (Lipinski definition) is 3. The van der Waals surface area contributed by atoms with Gasteiger partial charge in [0.1, 0.15) is 11.5 Å². The largest absolute Gasteiger partial charge is 0.508 e. The molecule has 0 spiro atoms. The third-order valence-electron chi connectivity index (χ3n) is 3.19. The number of ether oxygens (including phenoxy) is 1. The Hall–Kier alpha value is -0.970. The van der Waals surface area contributed by atoms with Gasteiger partial charge in [-0.1, -0.05) is 20.3 Å². The number of rotatable bonds is 5. The van der Waals surface area contributed by atoms with Gasteiger partial charge < -0.3 is 20.7 Å². The second kappa shape index (κ2) is 7.46. The molecular formula is C13H22ClNO3. The minimum Gasteiger partial charge on any atom is -0.508 e. The summed E-state index contributed by atoms with van der Waals surface area (Å²) in [4.78, 5) is 0. The molecule has 1 rings (SSSR count). The van der Waals surface area contributed by atoms with Crippen LogP contribution in [0, 0.1) is 5.92 Å². The normalized spacial score (nSPS) is 15.4. The van der Waals surface area contributed by atoms with E-state index in [0.717, 1.165) is 6.42 Å². The molecule has 0 amide bonds. The van der Waals surface area contributed by atoms with Crippen molar-refractivity contribution in [2.75, 3.05) is 7.11 Å². The van der Waals surface area contributed by atoms with Crippen molar-refractivity contribution in [3.05, 3.63) is 23.8 Å². The number of phenols is 1. The van der Waals surface area contributed by atoms with E-state index in [1.807, 2.05) is 13.8 Å². The molecule has 0 heterocycles. The van der Waals surface area contributed by atoms with E-state index in [2.05, 4.69) is 0 Å². The first-order chi connectivity index (χ1) is 8.01. The summed E-state index contributed by atoms with van der Waals surface area (Å²) in [5.41, 5.74) is 6.49. The van der Waals surface area contributed by atoms with E-state index < -0.39 is 12.1 Å². The number of methoxy groups -OCH3 is 1. The average molecular weight is 276 g/mol. The SMILES string of the molecule is CCC(C)[C@H](O)[C@H](N)c1cc(OC)ccc1O.Cl. The molecule has 0 aliphatic rings. The smallest absolute Gasteiger partial charge is 0.120 e. The summed E-state index contributed by atoms with van der Waals surface area (Å²) in [5, 5.41) is 19.8. The quantitative estimate of drug-likeness (QED) is 0.770. The van der Waals surface area contributed by atoms with Crippen LogP contribution in [-0.2, 0) is 0 Å². The molecule has 0 aliphatic carbocycles. The summed E-state index contributed by atoms with van der Waals surface area (Å²) < 4.78 is 5.08. The van der Waals surface area contributed by atoms with Crippen molar-refractivity contribution in [2.24, 2.45) is 11.7 Å². The van der Waals surface area contributed by atoms with Crippen LogP contribution in [0.15, 0.2) is 18.2 Å². The summed E-state index contributed by atoms with van der Waals surface area (Å²) in [6.07, 6.45) is 0.151. The highest BCUT2D eigenvalue weighted by Crippen LogP contribution is 2.31. The Morgan fingerprint density at radius 2 is 2.00 bits per heavy atom. The fourth-order valence-corrected chi connectivity index (χ4v) is 1.71. The van der Waals surface area contributed by atoms with E-state index in [1.54, 1.807) is 19.2 Å². The zero-order chi connectivity index (χ0) is 13.0. The maximum Gasteiger partial charge on any atom is 0.120 e. The van der Waals surface area contributed by atoms with Crippen LogP contribution in [0.4, 0.5) is 0 Å². The van der Waals surface area contributed by atoms with Gasteiger partial charge in [-0.25, -0.2) is 0 Å². The lowest BCUT2D eigenvalue weighted by Crippen LogP contribution is -2.31. The van der Waals surface area contributed by atoms with Crippen molar-refractivity contribution in [3.63, 3.8) is 0 Å². The lowest BCUT2D eigenvalue weighted by atomic mass is 9.91. The van der Waals surface area contributed by atoms with E-state index in [9.17, 15) is 10.2 Å². The number of phenolic OH excluding ortho intramolecular Hbond substituents is 1. The Morgan fingerprint density at radius 3 is 2.50 bits per heavy atom. The molecule has 1 aromatic rings. The zero-order valence-electron chi connectivity index (χ0n) is 11.0. The topological polar surface area (TPSA) is 75.7 Å². The first kappa shape index (κ1) is 17.0. The molecule has 104 valence electrons. The number of aliphatic hydroxyl groups is 1. The van der Waals surface area contributed by atoms with Crippen LogP contribution in [0.1, 0.15) is 31.9 Å². The van der Waals surface area contributed by atoms with Crippen molar-refractivity contribution < 1.29 is 14.9 Å². The number of aliphatic hydroxyl groups excluding tert-OH is 1. The van der Waals surface area contributed by atoms with Crippen molar-refractivity contribution >= 4 is 12.4 Å². The second-order valence-corrected chi connectivity index (χ2v) is 4.33. The van der Waals surface area contributed by atoms with Gasteiger partial charge >= 0.3 is 0 Å². The van der Waals surface area contributed by atoms with Crippen molar-refractivity contribution in [2.45, 2.75) is 32.4 Å². The molecule has 0 fully saturated rings. The third kappa shape index (κ3) is 3.77. The predicted octanol–water partition coefficient (Wildman–Crippen LogP) is 2.23. The monoisotopic (exact) mass is 275 g/mol. The van der Waals surface area contributed by atoms with Gasteiger partial charge in [-0.15, -0.1) is 12.4 Å². The first-order valence-corrected chi connectivity index (χ1v) is 5.81. The van der Waals surface area contributed by atoms with E-state index in [4.69, 9.17) is 10.5 Å². The van der Waals surface area contributed by atoms with Crippen molar-refractivity contribution in [1.29, 1.82) is 0 Å². The Bertz CT molecular complexity index is 373. The van der Waals surface area contributed by atoms with Crippen molar-refractivity contribution in [3.8, 4) is 11.5 Å². The summed E-state index contributed by atoms with van der Waals surface area (Å²) in [7, 11) is 1.55. The van der Waals surface area contributed by atoms with E-state index in [1.165, 1.54) is 6.07 Å². The number of nitrogens with two attached hydrogens (primary N) is 1. The summed E-state index contributed by atoms with van der Waals surface area (Å²) in [6.45, 7) is 3.92. The molecule has 0 aliphatic heterocycles. The molecule has 1 unspecified atom stereocenters. The Balaban J connectivity index is 0.00000289. The van der Waals surface area contributed by atoms with Gasteiger partial charge in [0.25, 0.3) is 0 Å². The van der Waals surface area contributed by atoms with E-state index >= 15 is 0 Å². The fourth-order valence-electron chi connectivity index (χ4n) is 1.71. The van der Waals surface area contributed by atoms with Gasteiger partial charge in [-0.2, -0.15) is 0 Å². The first-order valence-electron chi connectivity index (χ1n) is 5.81. The second-order valence-electron chi connectivity index (χ2n) is 4.33. The molecule has 0 aromatic heterocycles. The van der Waals surface area contributed by atoms with Crippen LogP contribution in [0.25, 0.3) is 0 Å². The molecule has 3 atom stereocenters. The zero-order valence-corrected chi connectivity index (χ0v) is 11.8. The van der Waals surface area contributed by atoms with Gasteiger partial charge in [0.2, 0.25) is 0 Å². The number of hydrogen-bond acceptors (Lipinski definition) is 4. The summed E-state index contributed by atoms with van der Waals surface area (Å²) in [6, 6.07) is 4.23. The maximum absolute atomic E-state index is 10.1. The highest BCUT2D eigenvalue weighted by molar-refractivity contribution is 5.85. The fraction of sp³-hybridized carbons (Fsp3) is 0.538. The van der Waals surface area contributed by atoms with Crippen LogP contribution in [0.5, 0.6) is 11.5 Å². The minimum atomic E-state index is -0.682. The van der Waals surface area contributed by atoms with Gasteiger partial charge in [-0.05, 0) is 24.1 Å². The third-order valence-corrected chi connectivity index (χ3v) is 3.19. The standard InChI is InChI=1S/C13H21NO3.ClH/c1-4-8(2)13(16)12(14)10-7-9(17-3)5-6-11(10)15;/h5-8,12-13,15-16H,4,14H2,1-3H3;1H/t8?,12-,13+;/m1./s1. The molecule has 1 aromatic carbocycles. The van der Waals surface area contributed by atoms with Gasteiger partial charge in [0, 0.05) is 5.56 Å². The van der Waals surface area contributed by atoms with E-state index in [-0.39, 0.29) is 24.1 Å². The minimum absolute atomic E-state index is 0. The van der Waals surface area contributed by atoms with Crippen molar-refractivity contribution in [1.82, 2.24) is 0 Å². The maximum atomic E-state index is 10.1. The lowest BCUT2D eigenvalue weighted by Gasteiger charge is -2.25. The Kier molecular flexibility index (Phi) is 7.06. The van der Waals surface area contributed by atoms with Crippen LogP contribution in [0.2, 0.25) is 0 Å². The molecule has 5 heteroatoms. The molecule has 0 bridgehead atoms. The van der Waals surface area contributed by atoms with Crippen LogP contribution < -0.4 is 10.5 Å². The highest BCUT2D eigenvalue weighted by Gasteiger charge is 2.24. The summed E-state index contributed by atoms with van der Waals surface area (Å²) >= 11 is 0. The molecule has 18 heavy (non-hydrogen) atoms. The van der Waals surface area contributed by atoms with Gasteiger partial charge in [0.05, 0.1) is 19.3 Å². The Labute approximate surface area is 114 Å². The summed E-state index contributed by atoms with van der Waals surface area (Å²) in [5.74, 6) is 0.779. The number of aromatic hydroxyl groups is 1. The number of halogens is 1. The molecule has 4 nitrogen and oxygen atoms in total. The molecule has 4 N–H and O–H groups in total. The predicted molar refractivity (Wildman–Crippen MR) is 74.3 cm³/mol. The molecule has 0 saturated heterocycles.